The predicted molar refractivity (Wildman–Crippen MR) is 68.3 cm³/mol. The van der Waals surface area contributed by atoms with E-state index in [9.17, 15) is 4.79 Å². The molecule has 0 spiro atoms. The van der Waals surface area contributed by atoms with E-state index in [1.165, 1.54) is 12.1 Å². The lowest BCUT2D eigenvalue weighted by Crippen LogP contribution is -2.18. The summed E-state index contributed by atoms with van der Waals surface area (Å²) in [7, 11) is 1.70. The number of rotatable bonds is 4. The zero-order chi connectivity index (χ0) is 13.1. The Morgan fingerprint density at radius 2 is 2.33 bits per heavy atom. The summed E-state index contributed by atoms with van der Waals surface area (Å²) in [6, 6.07) is 3.08. The molecule has 18 heavy (non-hydrogen) atoms. The van der Waals surface area contributed by atoms with Crippen molar-refractivity contribution in [2.45, 2.75) is 31.4 Å². The van der Waals surface area contributed by atoms with Crippen molar-refractivity contribution in [2.24, 2.45) is 0 Å². The highest BCUT2D eigenvalue weighted by molar-refractivity contribution is 6.29. The largest absolute Gasteiger partial charge is 0.478 e. The minimum absolute atomic E-state index is 0.138. The second kappa shape index (κ2) is 5.54. The van der Waals surface area contributed by atoms with Crippen molar-refractivity contribution < 1.29 is 14.6 Å². The molecule has 0 aromatic carbocycles. The lowest BCUT2D eigenvalue weighted by Gasteiger charge is -2.14. The van der Waals surface area contributed by atoms with Crippen molar-refractivity contribution in [3.8, 4) is 0 Å². The van der Waals surface area contributed by atoms with Crippen LogP contribution in [0.2, 0.25) is 5.15 Å². The molecule has 2 N–H and O–H groups in total. The maximum absolute atomic E-state index is 10.9. The normalized spacial score (nSPS) is 23.0. The number of aromatic carboxylic acids is 1. The summed E-state index contributed by atoms with van der Waals surface area (Å²) in [4.78, 5) is 15.0. The molecule has 5 nitrogen and oxygen atoms in total. The quantitative estimate of drug-likeness (QED) is 0.822. The van der Waals surface area contributed by atoms with Crippen molar-refractivity contribution in [1.29, 1.82) is 0 Å². The van der Waals surface area contributed by atoms with E-state index in [2.05, 4.69) is 10.3 Å². The van der Waals surface area contributed by atoms with Gasteiger partial charge in [0.15, 0.2) is 0 Å². The summed E-state index contributed by atoms with van der Waals surface area (Å²) in [6.07, 6.45) is 3.14. The molecule has 1 fully saturated rings. The SMILES string of the molecule is COC1CCC(Nc2cc(C(=O)O)cc(Cl)n2)C1. The zero-order valence-corrected chi connectivity index (χ0v) is 10.8. The first kappa shape index (κ1) is 13.1. The van der Waals surface area contributed by atoms with Crippen molar-refractivity contribution in [3.63, 3.8) is 0 Å². The fraction of sp³-hybridized carbons (Fsp3) is 0.500. The van der Waals surface area contributed by atoms with Crippen LogP contribution in [0.15, 0.2) is 12.1 Å². The first-order chi connectivity index (χ1) is 8.58. The number of aromatic nitrogens is 1. The van der Waals surface area contributed by atoms with E-state index >= 15 is 0 Å². The van der Waals surface area contributed by atoms with Gasteiger partial charge in [-0.15, -0.1) is 0 Å². The van der Waals surface area contributed by atoms with Crippen molar-refractivity contribution in [2.75, 3.05) is 12.4 Å². The summed E-state index contributed by atoms with van der Waals surface area (Å²) in [5.74, 6) is -0.509. The molecular formula is C12H15ClN2O3. The topological polar surface area (TPSA) is 71.5 Å². The summed E-state index contributed by atoms with van der Waals surface area (Å²) in [6.45, 7) is 0. The zero-order valence-electron chi connectivity index (χ0n) is 10.0. The van der Waals surface area contributed by atoms with Crippen LogP contribution in [0.4, 0.5) is 5.82 Å². The molecule has 2 unspecified atom stereocenters. The molecule has 98 valence electrons. The van der Waals surface area contributed by atoms with Gasteiger partial charge < -0.3 is 15.2 Å². The molecule has 6 heteroatoms. The molecule has 0 aliphatic heterocycles. The summed E-state index contributed by atoms with van der Waals surface area (Å²) >= 11 is 5.80. The average molecular weight is 271 g/mol. The average Bonchev–Trinajstić information content (AvgIpc) is 2.76. The molecule has 1 aliphatic carbocycles. The molecular weight excluding hydrogens is 256 g/mol. The maximum atomic E-state index is 10.9. The summed E-state index contributed by atoms with van der Waals surface area (Å²) in [5, 5.41) is 12.3. The monoisotopic (exact) mass is 270 g/mol. The summed E-state index contributed by atoms with van der Waals surface area (Å²) < 4.78 is 5.28. The van der Waals surface area contributed by atoms with Crippen LogP contribution in [0, 0.1) is 0 Å². The van der Waals surface area contributed by atoms with E-state index in [0.29, 0.717) is 5.82 Å². The number of halogens is 1. The standard InChI is InChI=1S/C12H15ClN2O3/c1-18-9-3-2-8(6-9)14-11-5-7(12(16)17)4-10(13)15-11/h4-5,8-9H,2-3,6H2,1H3,(H,14,15)(H,16,17). The number of pyridine rings is 1. The molecule has 1 aromatic heterocycles. The number of ether oxygens (including phenoxy) is 1. The molecule has 1 saturated carbocycles. The Bertz CT molecular complexity index is 453. The second-order valence-corrected chi connectivity index (χ2v) is 4.77. The Morgan fingerprint density at radius 1 is 1.56 bits per heavy atom. The number of nitrogens with zero attached hydrogens (tertiary/aromatic N) is 1. The Balaban J connectivity index is 2.07. The molecule has 1 heterocycles. The van der Waals surface area contributed by atoms with Crippen LogP contribution in [0.25, 0.3) is 0 Å². The van der Waals surface area contributed by atoms with Crippen molar-refractivity contribution >= 4 is 23.4 Å². The third-order valence-electron chi connectivity index (χ3n) is 3.11. The van der Waals surface area contributed by atoms with Gasteiger partial charge in [-0.25, -0.2) is 9.78 Å². The molecule has 1 aliphatic rings. The number of hydrogen-bond donors (Lipinski definition) is 2. The smallest absolute Gasteiger partial charge is 0.335 e. The van der Waals surface area contributed by atoms with Crippen LogP contribution >= 0.6 is 11.6 Å². The maximum Gasteiger partial charge on any atom is 0.335 e. The van der Waals surface area contributed by atoms with E-state index < -0.39 is 5.97 Å². The number of carboxylic acids is 1. The van der Waals surface area contributed by atoms with Gasteiger partial charge in [-0.05, 0) is 31.4 Å². The first-order valence-electron chi connectivity index (χ1n) is 5.78. The Morgan fingerprint density at radius 3 is 2.94 bits per heavy atom. The Hall–Kier alpha value is -1.33. The number of carbonyl (C=O) groups is 1. The van der Waals surface area contributed by atoms with Gasteiger partial charge in [0.05, 0.1) is 11.7 Å². The fourth-order valence-electron chi connectivity index (χ4n) is 2.19. The van der Waals surface area contributed by atoms with E-state index in [0.717, 1.165) is 19.3 Å². The van der Waals surface area contributed by atoms with Gasteiger partial charge in [0, 0.05) is 13.2 Å². The van der Waals surface area contributed by atoms with E-state index in [1.54, 1.807) is 7.11 Å². The Kier molecular flexibility index (Phi) is 4.04. The predicted octanol–water partition coefficient (Wildman–Crippen LogP) is 2.41. The fourth-order valence-corrected chi connectivity index (χ4v) is 2.40. The Labute approximate surface area is 110 Å². The highest BCUT2D eigenvalue weighted by Crippen LogP contribution is 2.25. The minimum atomic E-state index is -1.01. The van der Waals surface area contributed by atoms with Crippen molar-refractivity contribution in [1.82, 2.24) is 4.98 Å². The van der Waals surface area contributed by atoms with Crippen LogP contribution in [0.3, 0.4) is 0 Å². The number of methoxy groups -OCH3 is 1. The number of anilines is 1. The van der Waals surface area contributed by atoms with Gasteiger partial charge in [0.2, 0.25) is 0 Å². The van der Waals surface area contributed by atoms with Crippen molar-refractivity contribution in [3.05, 3.63) is 22.8 Å². The van der Waals surface area contributed by atoms with Gasteiger partial charge in [-0.2, -0.15) is 0 Å². The second-order valence-electron chi connectivity index (χ2n) is 4.38. The highest BCUT2D eigenvalue weighted by atomic mass is 35.5. The molecule has 0 saturated heterocycles. The molecule has 0 amide bonds. The number of hydrogen-bond acceptors (Lipinski definition) is 4. The molecule has 0 radical (unpaired) electrons. The molecule has 2 atom stereocenters. The highest BCUT2D eigenvalue weighted by Gasteiger charge is 2.24. The molecule has 1 aromatic rings. The van der Waals surface area contributed by atoms with Gasteiger partial charge in [-0.3, -0.25) is 0 Å². The lowest BCUT2D eigenvalue weighted by atomic mass is 10.2. The third kappa shape index (κ3) is 3.11. The van der Waals surface area contributed by atoms with Crippen LogP contribution in [-0.2, 0) is 4.74 Å². The van der Waals surface area contributed by atoms with Crippen LogP contribution in [0.1, 0.15) is 29.6 Å². The number of carboxylic acid groups (broad SMARTS) is 1. The van der Waals surface area contributed by atoms with Gasteiger partial charge in [0.25, 0.3) is 0 Å². The molecule has 2 rings (SSSR count). The van der Waals surface area contributed by atoms with Gasteiger partial charge in [0.1, 0.15) is 11.0 Å². The molecule has 0 bridgehead atoms. The van der Waals surface area contributed by atoms with E-state index in [-0.39, 0.29) is 22.9 Å². The summed E-state index contributed by atoms with van der Waals surface area (Å²) in [5.41, 5.74) is 0.138. The van der Waals surface area contributed by atoms with Crippen LogP contribution < -0.4 is 5.32 Å². The van der Waals surface area contributed by atoms with Crippen LogP contribution in [-0.4, -0.2) is 35.3 Å². The minimum Gasteiger partial charge on any atom is -0.478 e. The van der Waals surface area contributed by atoms with Crippen LogP contribution in [0.5, 0.6) is 0 Å². The third-order valence-corrected chi connectivity index (χ3v) is 3.30. The van der Waals surface area contributed by atoms with Gasteiger partial charge >= 0.3 is 5.97 Å². The lowest BCUT2D eigenvalue weighted by molar-refractivity contribution is 0.0696. The first-order valence-corrected chi connectivity index (χ1v) is 6.16. The van der Waals surface area contributed by atoms with E-state index in [4.69, 9.17) is 21.4 Å². The van der Waals surface area contributed by atoms with E-state index in [1.807, 2.05) is 0 Å². The van der Waals surface area contributed by atoms with Gasteiger partial charge in [-0.1, -0.05) is 11.6 Å². The number of nitrogens with one attached hydrogen (secondary N) is 1.